The van der Waals surface area contributed by atoms with E-state index in [4.69, 9.17) is 12.2 Å². The molecule has 3 heterocycles. The first kappa shape index (κ1) is 22.5. The number of nitrogens with one attached hydrogen (secondary N) is 1. The lowest BCUT2D eigenvalue weighted by molar-refractivity contribution is 0.247. The Morgan fingerprint density at radius 2 is 1.94 bits per heavy atom. The maximum absolute atomic E-state index is 9.49. The Balaban J connectivity index is 1.86. The Bertz CT molecular complexity index is 1110. The molecular weight excluding hydrogens is 416 g/mol. The van der Waals surface area contributed by atoms with Gasteiger partial charge in [-0.2, -0.15) is 0 Å². The number of hydrogen-bond donors (Lipinski definition) is 2. The summed E-state index contributed by atoms with van der Waals surface area (Å²) in [7, 11) is 0. The van der Waals surface area contributed by atoms with E-state index in [0.717, 1.165) is 12.1 Å². The molecule has 2 N–H and O–H groups in total. The molecule has 2 aromatic heterocycles. The van der Waals surface area contributed by atoms with Gasteiger partial charge in [0, 0.05) is 30.7 Å². The van der Waals surface area contributed by atoms with E-state index in [0.29, 0.717) is 18.1 Å². The van der Waals surface area contributed by atoms with Crippen LogP contribution in [-0.2, 0) is 6.42 Å². The number of aryl methyl sites for hydroxylation is 3. The molecule has 0 bridgehead atoms. The van der Waals surface area contributed by atoms with Crippen LogP contribution in [0.15, 0.2) is 48.7 Å². The van der Waals surface area contributed by atoms with Gasteiger partial charge in [-0.15, -0.1) is 0 Å². The number of aliphatic hydroxyl groups is 1. The van der Waals surface area contributed by atoms with E-state index in [1.165, 1.54) is 33.8 Å². The van der Waals surface area contributed by atoms with Gasteiger partial charge in [0.05, 0.1) is 23.5 Å². The summed E-state index contributed by atoms with van der Waals surface area (Å²) in [6.45, 7) is 9.61. The van der Waals surface area contributed by atoms with Crippen LogP contribution < -0.4 is 5.32 Å². The summed E-state index contributed by atoms with van der Waals surface area (Å²) in [4.78, 5) is 6.86. The number of benzene rings is 1. The number of nitrogens with zero attached hydrogens (tertiary/aromatic N) is 3. The molecule has 1 fully saturated rings. The van der Waals surface area contributed by atoms with Crippen LogP contribution in [0.4, 0.5) is 0 Å². The van der Waals surface area contributed by atoms with Crippen molar-refractivity contribution in [3.63, 3.8) is 0 Å². The number of rotatable bonds is 7. The molecule has 1 aliphatic heterocycles. The molecule has 0 amide bonds. The van der Waals surface area contributed by atoms with Gasteiger partial charge in [-0.05, 0) is 80.7 Å². The fourth-order valence-corrected chi connectivity index (χ4v) is 5.31. The van der Waals surface area contributed by atoms with Crippen molar-refractivity contribution in [1.29, 1.82) is 0 Å². The Morgan fingerprint density at radius 3 is 2.62 bits per heavy atom. The van der Waals surface area contributed by atoms with Crippen LogP contribution in [0.25, 0.3) is 5.69 Å². The lowest BCUT2D eigenvalue weighted by Crippen LogP contribution is -2.31. The van der Waals surface area contributed by atoms with Crippen molar-refractivity contribution in [3.05, 3.63) is 82.4 Å². The average Bonchev–Trinajstić information content (AvgIpc) is 3.27. The van der Waals surface area contributed by atoms with E-state index in [1.807, 2.05) is 18.3 Å². The van der Waals surface area contributed by atoms with Crippen molar-refractivity contribution in [1.82, 2.24) is 19.8 Å². The monoisotopic (exact) mass is 448 g/mol. The highest BCUT2D eigenvalue weighted by atomic mass is 32.1. The predicted molar refractivity (Wildman–Crippen MR) is 133 cm³/mol. The summed E-state index contributed by atoms with van der Waals surface area (Å²) in [6, 6.07) is 14.8. The summed E-state index contributed by atoms with van der Waals surface area (Å²) < 4.78 is 2.39. The second-order valence-electron chi connectivity index (χ2n) is 8.50. The zero-order valence-electron chi connectivity index (χ0n) is 19.3. The van der Waals surface area contributed by atoms with Crippen LogP contribution in [0, 0.1) is 20.8 Å². The first-order valence-electron chi connectivity index (χ1n) is 11.3. The lowest BCUT2D eigenvalue weighted by atomic mass is 9.96. The molecule has 32 heavy (non-hydrogen) atoms. The van der Waals surface area contributed by atoms with Crippen LogP contribution in [0.2, 0.25) is 0 Å². The van der Waals surface area contributed by atoms with Gasteiger partial charge < -0.3 is 19.9 Å². The third kappa shape index (κ3) is 3.93. The quantitative estimate of drug-likeness (QED) is 0.513. The van der Waals surface area contributed by atoms with Crippen LogP contribution in [-0.4, -0.2) is 37.8 Å². The van der Waals surface area contributed by atoms with Crippen molar-refractivity contribution in [2.45, 2.75) is 52.6 Å². The maximum Gasteiger partial charge on any atom is 0.170 e. The molecule has 5 nitrogen and oxygen atoms in total. The number of thiocarbonyl (C=S) groups is 1. The molecule has 2 atom stereocenters. The molecule has 0 saturated carbocycles. The Kier molecular flexibility index (Phi) is 6.63. The third-order valence-electron chi connectivity index (χ3n) is 6.47. The smallest absolute Gasteiger partial charge is 0.170 e. The van der Waals surface area contributed by atoms with Gasteiger partial charge >= 0.3 is 0 Å². The highest BCUT2D eigenvalue weighted by Crippen LogP contribution is 2.41. The summed E-state index contributed by atoms with van der Waals surface area (Å²) in [5.74, 6) is 0. The molecule has 2 unspecified atom stereocenters. The topological polar surface area (TPSA) is 53.3 Å². The van der Waals surface area contributed by atoms with Crippen LogP contribution in [0.5, 0.6) is 0 Å². The lowest BCUT2D eigenvalue weighted by Gasteiger charge is -2.28. The second kappa shape index (κ2) is 9.43. The van der Waals surface area contributed by atoms with E-state index >= 15 is 0 Å². The van der Waals surface area contributed by atoms with Gasteiger partial charge in [-0.25, -0.2) is 0 Å². The van der Waals surface area contributed by atoms with Crippen molar-refractivity contribution in [2.24, 2.45) is 0 Å². The first-order chi connectivity index (χ1) is 15.5. The number of aliphatic hydroxyl groups excluding tert-OH is 1. The van der Waals surface area contributed by atoms with Crippen molar-refractivity contribution in [3.8, 4) is 5.69 Å². The van der Waals surface area contributed by atoms with Gasteiger partial charge in [0.15, 0.2) is 5.11 Å². The fraction of sp³-hybridized carbons (Fsp3) is 0.385. The number of hydrogen-bond acceptors (Lipinski definition) is 3. The van der Waals surface area contributed by atoms with E-state index in [2.05, 4.69) is 77.8 Å². The largest absolute Gasteiger partial charge is 0.396 e. The van der Waals surface area contributed by atoms with E-state index < -0.39 is 0 Å². The SMILES string of the molecule is CCc1cccc(C)c1-n1c(C)cc(C2C(c3ccccn3)NC(=S)N2CCCO)c1C. The molecule has 168 valence electrons. The Morgan fingerprint density at radius 1 is 1.12 bits per heavy atom. The molecular formula is C26H32N4OS. The minimum Gasteiger partial charge on any atom is -0.396 e. The number of aromatic nitrogens is 2. The standard InChI is InChI=1S/C26H32N4OS/c1-5-20-11-8-10-17(2)24(20)30-18(3)16-21(19(30)4)25-23(22-12-6-7-13-27-22)28-26(32)29(25)14-9-15-31/h6-8,10-13,16,23,25,31H,5,9,14-15H2,1-4H3,(H,28,32). The summed E-state index contributed by atoms with van der Waals surface area (Å²) in [5, 5.41) is 13.7. The summed E-state index contributed by atoms with van der Waals surface area (Å²) in [5.41, 5.74) is 8.54. The minimum atomic E-state index is -0.0427. The Labute approximate surface area is 196 Å². The molecule has 1 aromatic carbocycles. The Hall–Kier alpha value is -2.70. The van der Waals surface area contributed by atoms with Crippen molar-refractivity contribution in [2.75, 3.05) is 13.2 Å². The highest BCUT2D eigenvalue weighted by molar-refractivity contribution is 7.80. The van der Waals surface area contributed by atoms with E-state index in [9.17, 15) is 5.11 Å². The molecule has 0 aliphatic carbocycles. The minimum absolute atomic E-state index is 0.0120. The van der Waals surface area contributed by atoms with Crippen molar-refractivity contribution < 1.29 is 5.11 Å². The van der Waals surface area contributed by atoms with Crippen molar-refractivity contribution >= 4 is 17.3 Å². The van der Waals surface area contributed by atoms with Crippen LogP contribution in [0.1, 0.15) is 59.2 Å². The second-order valence-corrected chi connectivity index (χ2v) is 8.88. The zero-order chi connectivity index (χ0) is 22.8. The van der Waals surface area contributed by atoms with E-state index in [-0.39, 0.29) is 18.7 Å². The molecule has 4 rings (SSSR count). The van der Waals surface area contributed by atoms with Gasteiger partial charge in [-0.1, -0.05) is 31.2 Å². The maximum atomic E-state index is 9.49. The first-order valence-corrected chi connectivity index (χ1v) is 11.7. The van der Waals surface area contributed by atoms with Crippen LogP contribution in [0.3, 0.4) is 0 Å². The third-order valence-corrected chi connectivity index (χ3v) is 6.82. The molecule has 0 radical (unpaired) electrons. The molecule has 6 heteroatoms. The summed E-state index contributed by atoms with van der Waals surface area (Å²) >= 11 is 5.74. The summed E-state index contributed by atoms with van der Waals surface area (Å²) in [6.07, 6.45) is 3.49. The van der Waals surface area contributed by atoms with E-state index in [1.54, 1.807) is 0 Å². The molecule has 3 aromatic rings. The highest BCUT2D eigenvalue weighted by Gasteiger charge is 2.41. The number of pyridine rings is 1. The van der Waals surface area contributed by atoms with Gasteiger partial charge in [0.25, 0.3) is 0 Å². The number of para-hydroxylation sites is 1. The van der Waals surface area contributed by atoms with Gasteiger partial charge in [0.2, 0.25) is 0 Å². The predicted octanol–water partition coefficient (Wildman–Crippen LogP) is 4.71. The molecule has 0 spiro atoms. The van der Waals surface area contributed by atoms with Gasteiger partial charge in [-0.3, -0.25) is 4.98 Å². The molecule has 1 saturated heterocycles. The zero-order valence-corrected chi connectivity index (χ0v) is 20.1. The normalized spacial score (nSPS) is 18.3. The molecule has 1 aliphatic rings. The average molecular weight is 449 g/mol. The van der Waals surface area contributed by atoms with Gasteiger partial charge in [0.1, 0.15) is 0 Å². The fourth-order valence-electron chi connectivity index (χ4n) is 4.98. The van der Waals surface area contributed by atoms with Crippen LogP contribution >= 0.6 is 12.2 Å².